The van der Waals surface area contributed by atoms with Crippen LogP contribution in [0.2, 0.25) is 0 Å². The van der Waals surface area contributed by atoms with Crippen LogP contribution >= 0.6 is 11.3 Å². The smallest absolute Gasteiger partial charge is 0.387 e. The molecule has 0 bridgehead atoms. The molecule has 2 amide bonds. The van der Waals surface area contributed by atoms with Gasteiger partial charge in [0.05, 0.1) is 5.56 Å². The average Bonchev–Trinajstić information content (AvgIpc) is 3.11. The Labute approximate surface area is 161 Å². The predicted octanol–water partition coefficient (Wildman–Crippen LogP) is 2.13. The maximum absolute atomic E-state index is 12.2. The molecule has 0 aliphatic heterocycles. The number of rotatable bonds is 8. The van der Waals surface area contributed by atoms with Crippen molar-refractivity contribution in [2.24, 2.45) is 0 Å². The molecule has 0 aliphatic carbocycles. The van der Waals surface area contributed by atoms with E-state index in [1.807, 2.05) is 6.07 Å². The van der Waals surface area contributed by atoms with Crippen molar-refractivity contribution in [3.05, 3.63) is 46.8 Å². The van der Waals surface area contributed by atoms with Crippen LogP contribution in [-0.2, 0) is 14.3 Å². The highest BCUT2D eigenvalue weighted by molar-refractivity contribution is 7.14. The molecule has 0 fully saturated rings. The topological polar surface area (TPSA) is 118 Å². The first-order valence-electron chi connectivity index (χ1n) is 7.65. The zero-order valence-corrected chi connectivity index (χ0v) is 14.9. The molecule has 0 saturated heterocycles. The minimum absolute atomic E-state index is 0.00502. The second-order valence-corrected chi connectivity index (χ2v) is 5.99. The van der Waals surface area contributed by atoms with E-state index >= 15 is 0 Å². The molecule has 0 unspecified atom stereocenters. The van der Waals surface area contributed by atoms with E-state index in [1.54, 1.807) is 5.38 Å². The lowest BCUT2D eigenvalue weighted by Gasteiger charge is -2.08. The lowest BCUT2D eigenvalue weighted by atomic mass is 10.2. The van der Waals surface area contributed by atoms with Gasteiger partial charge in [-0.2, -0.15) is 14.0 Å². The molecule has 0 saturated carbocycles. The normalized spacial score (nSPS) is 10.1. The van der Waals surface area contributed by atoms with Gasteiger partial charge in [0.2, 0.25) is 0 Å². The Hall–Kier alpha value is -3.52. The van der Waals surface area contributed by atoms with Gasteiger partial charge in [-0.25, -0.2) is 0 Å². The van der Waals surface area contributed by atoms with Crippen molar-refractivity contribution >= 4 is 34.1 Å². The number of anilines is 1. The Bertz CT molecular complexity index is 910. The van der Waals surface area contributed by atoms with Crippen LogP contribution in [0.4, 0.5) is 13.8 Å². The molecule has 0 atom stereocenters. The average molecular weight is 409 g/mol. The van der Waals surface area contributed by atoms with Crippen LogP contribution in [-0.4, -0.2) is 37.5 Å². The van der Waals surface area contributed by atoms with Crippen LogP contribution in [0, 0.1) is 11.3 Å². The fourth-order valence-electron chi connectivity index (χ4n) is 1.92. The first kappa shape index (κ1) is 20.8. The highest BCUT2D eigenvalue weighted by Crippen LogP contribution is 2.21. The summed E-state index contributed by atoms with van der Waals surface area (Å²) in [7, 11) is 0. The third kappa shape index (κ3) is 6.33. The van der Waals surface area contributed by atoms with Crippen LogP contribution in [0.5, 0.6) is 5.75 Å². The van der Waals surface area contributed by atoms with E-state index in [1.165, 1.54) is 24.3 Å². The largest absolute Gasteiger partial charge is 0.454 e. The van der Waals surface area contributed by atoms with E-state index in [9.17, 15) is 23.2 Å². The van der Waals surface area contributed by atoms with Crippen molar-refractivity contribution in [3.63, 3.8) is 0 Å². The Morgan fingerprint density at radius 2 is 2.04 bits per heavy atom. The van der Waals surface area contributed by atoms with Gasteiger partial charge in [-0.05, 0) is 29.6 Å². The third-order valence-electron chi connectivity index (χ3n) is 3.12. The number of thiophene rings is 1. The number of nitrogens with zero attached hydrogens (tertiary/aromatic N) is 1. The number of hydrogen-bond donors (Lipinski definition) is 2. The first-order valence-corrected chi connectivity index (χ1v) is 8.53. The summed E-state index contributed by atoms with van der Waals surface area (Å²) in [5.41, 5.74) is 0.292. The number of carbonyl (C=O) groups is 3. The van der Waals surface area contributed by atoms with E-state index in [2.05, 4.69) is 15.4 Å². The van der Waals surface area contributed by atoms with Crippen LogP contribution in [0.1, 0.15) is 15.9 Å². The summed E-state index contributed by atoms with van der Waals surface area (Å²) in [4.78, 5) is 35.3. The molecular formula is C17H13F2N3O5S. The number of esters is 1. The molecule has 1 heterocycles. The minimum atomic E-state index is -3.03. The number of hydrogen-bond acceptors (Lipinski definition) is 7. The number of nitriles is 1. The van der Waals surface area contributed by atoms with Crippen molar-refractivity contribution in [2.45, 2.75) is 6.61 Å². The molecule has 2 aromatic rings. The molecule has 28 heavy (non-hydrogen) atoms. The summed E-state index contributed by atoms with van der Waals surface area (Å²) in [5, 5.41) is 15.5. The molecule has 11 heteroatoms. The van der Waals surface area contributed by atoms with Gasteiger partial charge in [0.25, 0.3) is 11.8 Å². The number of alkyl halides is 2. The Balaban J connectivity index is 1.77. The zero-order chi connectivity index (χ0) is 20.5. The minimum Gasteiger partial charge on any atom is -0.454 e. The van der Waals surface area contributed by atoms with Gasteiger partial charge in [-0.3, -0.25) is 14.4 Å². The van der Waals surface area contributed by atoms with E-state index in [0.29, 0.717) is 5.00 Å². The molecular weight excluding hydrogens is 396 g/mol. The zero-order valence-electron chi connectivity index (χ0n) is 14.1. The van der Waals surface area contributed by atoms with Gasteiger partial charge >= 0.3 is 12.6 Å². The summed E-state index contributed by atoms with van der Waals surface area (Å²) < 4.78 is 33.3. The molecule has 0 aliphatic rings. The Morgan fingerprint density at radius 3 is 2.75 bits per heavy atom. The SMILES string of the molecule is N#Cc1ccsc1NC(=O)COC(=O)CNC(=O)c1cccc(OC(F)F)c1. The summed E-state index contributed by atoms with van der Waals surface area (Å²) in [5.74, 6) is -2.43. The number of halogens is 2. The highest BCUT2D eigenvalue weighted by atomic mass is 32.1. The summed E-state index contributed by atoms with van der Waals surface area (Å²) in [6, 6.07) is 8.46. The van der Waals surface area contributed by atoms with Gasteiger partial charge in [0, 0.05) is 5.56 Å². The van der Waals surface area contributed by atoms with Crippen molar-refractivity contribution in [2.75, 3.05) is 18.5 Å². The second kappa shape index (κ2) is 9.98. The van der Waals surface area contributed by atoms with Crippen molar-refractivity contribution in [1.29, 1.82) is 5.26 Å². The van der Waals surface area contributed by atoms with Gasteiger partial charge in [-0.15, -0.1) is 11.3 Å². The Morgan fingerprint density at radius 1 is 1.25 bits per heavy atom. The maximum atomic E-state index is 12.2. The molecule has 0 radical (unpaired) electrons. The monoisotopic (exact) mass is 409 g/mol. The highest BCUT2D eigenvalue weighted by Gasteiger charge is 2.13. The molecule has 0 spiro atoms. The molecule has 1 aromatic carbocycles. The van der Waals surface area contributed by atoms with E-state index < -0.39 is 37.5 Å². The fourth-order valence-corrected chi connectivity index (χ4v) is 2.68. The van der Waals surface area contributed by atoms with Crippen molar-refractivity contribution in [1.82, 2.24) is 5.32 Å². The van der Waals surface area contributed by atoms with Gasteiger partial charge < -0.3 is 20.1 Å². The van der Waals surface area contributed by atoms with E-state index in [-0.39, 0.29) is 16.9 Å². The van der Waals surface area contributed by atoms with Crippen molar-refractivity contribution < 1.29 is 32.6 Å². The van der Waals surface area contributed by atoms with E-state index in [0.717, 1.165) is 17.4 Å². The van der Waals surface area contributed by atoms with E-state index in [4.69, 9.17) is 10.00 Å². The number of benzene rings is 1. The third-order valence-corrected chi connectivity index (χ3v) is 3.95. The number of carbonyl (C=O) groups excluding carboxylic acids is 3. The molecule has 2 N–H and O–H groups in total. The quantitative estimate of drug-likeness (QED) is 0.645. The summed E-state index contributed by atoms with van der Waals surface area (Å²) in [6.45, 7) is -4.17. The number of nitrogens with one attached hydrogen (secondary N) is 2. The molecule has 146 valence electrons. The standard InChI is InChI=1S/C17H13F2N3O5S/c18-17(19)27-12-3-1-2-10(6-12)15(25)21-8-14(24)26-9-13(23)22-16-11(7-20)4-5-28-16/h1-6,17H,8-9H2,(H,21,25)(H,22,23). The predicted molar refractivity (Wildman–Crippen MR) is 94.0 cm³/mol. The van der Waals surface area contributed by atoms with Crippen molar-refractivity contribution in [3.8, 4) is 11.8 Å². The van der Waals surface area contributed by atoms with Crippen LogP contribution in [0.25, 0.3) is 0 Å². The van der Waals surface area contributed by atoms with Crippen LogP contribution in [0.15, 0.2) is 35.7 Å². The molecule has 2 rings (SSSR count). The second-order valence-electron chi connectivity index (χ2n) is 5.07. The number of ether oxygens (including phenoxy) is 2. The summed E-state index contributed by atoms with van der Waals surface area (Å²) in [6.07, 6.45) is 0. The molecule has 1 aromatic heterocycles. The maximum Gasteiger partial charge on any atom is 0.387 e. The first-order chi connectivity index (χ1) is 13.4. The van der Waals surface area contributed by atoms with Gasteiger partial charge in [0.1, 0.15) is 23.4 Å². The lowest BCUT2D eigenvalue weighted by Crippen LogP contribution is -2.32. The number of amides is 2. The Kier molecular flexibility index (Phi) is 7.41. The van der Waals surface area contributed by atoms with Gasteiger partial charge in [0.15, 0.2) is 6.61 Å². The lowest BCUT2D eigenvalue weighted by molar-refractivity contribution is -0.146. The molecule has 8 nitrogen and oxygen atoms in total. The van der Waals surface area contributed by atoms with Crippen LogP contribution in [0.3, 0.4) is 0 Å². The fraction of sp³-hybridized carbons (Fsp3) is 0.176. The van der Waals surface area contributed by atoms with Gasteiger partial charge in [-0.1, -0.05) is 6.07 Å². The summed E-state index contributed by atoms with van der Waals surface area (Å²) >= 11 is 1.14. The van der Waals surface area contributed by atoms with Crippen LogP contribution < -0.4 is 15.4 Å².